The number of carbonyl (C=O) groups excluding carboxylic acids is 1. The first-order valence-corrected chi connectivity index (χ1v) is 15.8. The van der Waals surface area contributed by atoms with Gasteiger partial charge in [0.1, 0.15) is 6.33 Å². The second-order valence-electron chi connectivity index (χ2n) is 12.0. The average Bonchev–Trinajstić information content (AvgIpc) is 3.05. The second kappa shape index (κ2) is 14.9. The molecule has 0 radical (unpaired) electrons. The van der Waals surface area contributed by atoms with Gasteiger partial charge in [0, 0.05) is 44.0 Å². The number of aryl methyl sites for hydroxylation is 2. The van der Waals surface area contributed by atoms with E-state index in [1.807, 2.05) is 26.0 Å². The lowest BCUT2D eigenvalue weighted by atomic mass is 9.98. The summed E-state index contributed by atoms with van der Waals surface area (Å²) >= 11 is 0. The molecule has 1 fully saturated rings. The minimum atomic E-state index is -0.905. The minimum absolute atomic E-state index is 0.102. The zero-order chi connectivity index (χ0) is 31.8. The normalized spacial score (nSPS) is 14.6. The van der Waals surface area contributed by atoms with Crippen LogP contribution in [0.1, 0.15) is 75.0 Å². The van der Waals surface area contributed by atoms with E-state index in [1.165, 1.54) is 23.1 Å². The Bertz CT molecular complexity index is 1550. The first-order valence-electron chi connectivity index (χ1n) is 15.8. The Morgan fingerprint density at radius 1 is 0.889 bits per heavy atom. The van der Waals surface area contributed by atoms with Gasteiger partial charge in [0.05, 0.1) is 22.5 Å². The lowest BCUT2D eigenvalue weighted by molar-refractivity contribution is 0.0696. The molecule has 234 valence electrons. The van der Waals surface area contributed by atoms with Gasteiger partial charge in [0.2, 0.25) is 0 Å². The van der Waals surface area contributed by atoms with Crippen molar-refractivity contribution in [3.63, 3.8) is 0 Å². The highest BCUT2D eigenvalue weighted by Crippen LogP contribution is 2.28. The predicted molar refractivity (Wildman–Crippen MR) is 178 cm³/mol. The molecule has 2 heterocycles. The highest BCUT2D eigenvalue weighted by molar-refractivity contribution is 5.96. The van der Waals surface area contributed by atoms with E-state index in [-0.39, 0.29) is 5.91 Å². The van der Waals surface area contributed by atoms with Gasteiger partial charge in [-0.15, -0.1) is 0 Å². The van der Waals surface area contributed by atoms with E-state index in [1.54, 1.807) is 12.1 Å². The van der Waals surface area contributed by atoms with Crippen molar-refractivity contribution in [2.45, 2.75) is 65.1 Å². The van der Waals surface area contributed by atoms with Gasteiger partial charge in [0.25, 0.3) is 5.91 Å². The second-order valence-corrected chi connectivity index (χ2v) is 12.0. The van der Waals surface area contributed by atoms with Crippen LogP contribution < -0.4 is 10.2 Å². The van der Waals surface area contributed by atoms with Crippen molar-refractivity contribution in [3.8, 4) is 0 Å². The lowest BCUT2D eigenvalue weighted by Crippen LogP contribution is -2.48. The molecule has 1 atom stereocenters. The largest absolute Gasteiger partial charge is 0.478 e. The molecule has 1 aliphatic rings. The van der Waals surface area contributed by atoms with Crippen LogP contribution >= 0.6 is 0 Å². The fourth-order valence-corrected chi connectivity index (χ4v) is 6.24. The Labute approximate surface area is 266 Å². The third-order valence-electron chi connectivity index (χ3n) is 8.94. The molecule has 3 aromatic carbocycles. The lowest BCUT2D eigenvalue weighted by Gasteiger charge is -2.42. The Balaban J connectivity index is 1.18. The SMILES string of the molecule is Cc1ncnc(C)c1C(=O)NCCC(C)N1CCC(N(Cc2ccccc2)c2ccc(Cc3ccc(C(=O)O)cc3)cc2)CC1. The number of carboxylic acids is 1. The van der Waals surface area contributed by atoms with Gasteiger partial charge in [-0.25, -0.2) is 14.8 Å². The number of likely N-dealkylation sites (tertiary alicyclic amines) is 1. The van der Waals surface area contributed by atoms with E-state index in [0.717, 1.165) is 50.9 Å². The number of nitrogens with one attached hydrogen (secondary N) is 1. The van der Waals surface area contributed by atoms with Crippen molar-refractivity contribution in [2.24, 2.45) is 0 Å². The summed E-state index contributed by atoms with van der Waals surface area (Å²) in [5.74, 6) is -1.01. The molecule has 0 saturated carbocycles. The van der Waals surface area contributed by atoms with Crippen molar-refractivity contribution in [1.82, 2.24) is 20.2 Å². The monoisotopic (exact) mass is 605 g/mol. The number of rotatable bonds is 12. The molecule has 4 aromatic rings. The van der Waals surface area contributed by atoms with Crippen molar-refractivity contribution in [1.29, 1.82) is 0 Å². The quantitative estimate of drug-likeness (QED) is 0.203. The number of hydrogen-bond donors (Lipinski definition) is 2. The van der Waals surface area contributed by atoms with Crippen LogP contribution in [0.25, 0.3) is 0 Å². The van der Waals surface area contributed by atoms with Crippen molar-refractivity contribution in [2.75, 3.05) is 24.5 Å². The van der Waals surface area contributed by atoms with Crippen LogP contribution in [-0.4, -0.2) is 63.6 Å². The van der Waals surface area contributed by atoms with E-state index in [4.69, 9.17) is 0 Å². The highest BCUT2D eigenvalue weighted by atomic mass is 16.4. The molecule has 0 spiro atoms. The van der Waals surface area contributed by atoms with Crippen LogP contribution in [-0.2, 0) is 13.0 Å². The number of carboxylic acid groups (broad SMARTS) is 1. The number of amides is 1. The average molecular weight is 606 g/mol. The van der Waals surface area contributed by atoms with Crippen LogP contribution in [0.4, 0.5) is 5.69 Å². The molecule has 0 bridgehead atoms. The number of hydrogen-bond acceptors (Lipinski definition) is 6. The van der Waals surface area contributed by atoms with E-state index in [2.05, 4.69) is 86.6 Å². The summed E-state index contributed by atoms with van der Waals surface area (Å²) in [6.07, 6.45) is 5.28. The van der Waals surface area contributed by atoms with E-state index in [9.17, 15) is 14.7 Å². The van der Waals surface area contributed by atoms with Gasteiger partial charge in [-0.3, -0.25) is 4.79 Å². The summed E-state index contributed by atoms with van der Waals surface area (Å²) in [5, 5.41) is 12.3. The maximum Gasteiger partial charge on any atom is 0.335 e. The molecule has 45 heavy (non-hydrogen) atoms. The first kappa shape index (κ1) is 31.9. The van der Waals surface area contributed by atoms with Crippen LogP contribution in [0.15, 0.2) is 85.2 Å². The number of carbonyl (C=O) groups is 2. The maximum absolute atomic E-state index is 12.8. The molecule has 1 saturated heterocycles. The molecular weight excluding hydrogens is 562 g/mol. The van der Waals surface area contributed by atoms with Crippen LogP contribution in [0.3, 0.4) is 0 Å². The topological polar surface area (TPSA) is 98.7 Å². The summed E-state index contributed by atoms with van der Waals surface area (Å²) in [7, 11) is 0. The minimum Gasteiger partial charge on any atom is -0.478 e. The van der Waals surface area contributed by atoms with Crippen molar-refractivity contribution < 1.29 is 14.7 Å². The number of piperidine rings is 1. The van der Waals surface area contributed by atoms with Crippen LogP contribution in [0.2, 0.25) is 0 Å². The third kappa shape index (κ3) is 8.34. The Morgan fingerprint density at radius 2 is 1.49 bits per heavy atom. The number of aromatic nitrogens is 2. The molecule has 1 aromatic heterocycles. The fraction of sp³-hybridized carbons (Fsp3) is 0.351. The molecule has 1 aliphatic heterocycles. The molecule has 8 heteroatoms. The van der Waals surface area contributed by atoms with E-state index >= 15 is 0 Å². The predicted octanol–water partition coefficient (Wildman–Crippen LogP) is 6.06. The standard InChI is InChI=1S/C37H43N5O3/c1-26(17-20-38-36(43)35-27(2)39-25-40-28(35)3)41-21-18-34(19-22-41)42(24-31-7-5-4-6-8-31)33-15-11-30(12-16-33)23-29-9-13-32(14-10-29)37(44)45/h4-16,25-26,34H,17-24H2,1-3H3,(H,38,43)(H,44,45). The number of nitrogens with zero attached hydrogens (tertiary/aromatic N) is 4. The summed E-state index contributed by atoms with van der Waals surface area (Å²) in [5.41, 5.74) is 7.09. The maximum atomic E-state index is 12.8. The van der Waals surface area contributed by atoms with Gasteiger partial charge >= 0.3 is 5.97 Å². The van der Waals surface area contributed by atoms with Gasteiger partial charge in [-0.1, -0.05) is 54.6 Å². The zero-order valence-electron chi connectivity index (χ0n) is 26.4. The molecule has 2 N–H and O–H groups in total. The van der Waals surface area contributed by atoms with Gasteiger partial charge < -0.3 is 20.2 Å². The molecule has 0 aliphatic carbocycles. The molecule has 5 rings (SSSR count). The molecule has 1 amide bonds. The molecular formula is C37H43N5O3. The van der Waals surface area contributed by atoms with Gasteiger partial charge in [-0.05, 0) is 87.4 Å². The van der Waals surface area contributed by atoms with Crippen molar-refractivity contribution >= 4 is 17.6 Å². The Morgan fingerprint density at radius 3 is 2.09 bits per heavy atom. The number of aromatic carboxylic acids is 1. The zero-order valence-corrected chi connectivity index (χ0v) is 26.4. The smallest absolute Gasteiger partial charge is 0.335 e. The fourth-order valence-electron chi connectivity index (χ4n) is 6.24. The van der Waals surface area contributed by atoms with Gasteiger partial charge in [0.15, 0.2) is 0 Å². The van der Waals surface area contributed by atoms with Crippen molar-refractivity contribution in [3.05, 3.63) is 124 Å². The number of anilines is 1. The van der Waals surface area contributed by atoms with Gasteiger partial charge in [-0.2, -0.15) is 0 Å². The summed E-state index contributed by atoms with van der Waals surface area (Å²) in [6, 6.07) is 27.4. The Kier molecular flexibility index (Phi) is 10.6. The van der Waals surface area contributed by atoms with Crippen LogP contribution in [0, 0.1) is 13.8 Å². The third-order valence-corrected chi connectivity index (χ3v) is 8.94. The Hall–Kier alpha value is -4.56. The summed E-state index contributed by atoms with van der Waals surface area (Å²) < 4.78 is 0. The summed E-state index contributed by atoms with van der Waals surface area (Å²) in [6.45, 7) is 9.44. The highest BCUT2D eigenvalue weighted by Gasteiger charge is 2.27. The summed E-state index contributed by atoms with van der Waals surface area (Å²) in [4.78, 5) is 37.4. The van der Waals surface area contributed by atoms with Crippen LogP contribution in [0.5, 0.6) is 0 Å². The number of benzene rings is 3. The molecule has 8 nitrogen and oxygen atoms in total. The molecule has 1 unspecified atom stereocenters. The van der Waals surface area contributed by atoms with E-state index < -0.39 is 5.97 Å². The first-order chi connectivity index (χ1) is 21.8. The van der Waals surface area contributed by atoms with E-state index in [0.29, 0.717) is 41.1 Å².